The molecule has 1 aromatic carbocycles. The molecule has 0 atom stereocenters. The maximum Gasteiger partial charge on any atom is 0.336 e. The van der Waals surface area contributed by atoms with E-state index in [-0.39, 0.29) is 12.2 Å². The first-order valence-electron chi connectivity index (χ1n) is 7.77. The highest BCUT2D eigenvalue weighted by molar-refractivity contribution is 7.08. The maximum absolute atomic E-state index is 11.6. The van der Waals surface area contributed by atoms with E-state index in [0.717, 1.165) is 22.9 Å². The van der Waals surface area contributed by atoms with Crippen LogP contribution in [0.15, 0.2) is 54.8 Å². The Morgan fingerprint density at radius 3 is 2.96 bits per heavy atom. The summed E-state index contributed by atoms with van der Waals surface area (Å²) < 4.78 is 16.2. The number of aromatic nitrogens is 2. The van der Waals surface area contributed by atoms with E-state index >= 15 is 0 Å². The van der Waals surface area contributed by atoms with Crippen LogP contribution in [-0.4, -0.2) is 10.1 Å². The Morgan fingerprint density at radius 2 is 2.16 bits per heavy atom. The van der Waals surface area contributed by atoms with Crippen LogP contribution in [0, 0.1) is 0 Å². The Morgan fingerprint density at radius 1 is 1.24 bits per heavy atom. The predicted molar refractivity (Wildman–Crippen MR) is 93.8 cm³/mol. The van der Waals surface area contributed by atoms with Crippen molar-refractivity contribution >= 4 is 22.3 Å². The van der Waals surface area contributed by atoms with Crippen molar-refractivity contribution in [2.24, 2.45) is 0 Å². The zero-order valence-electron chi connectivity index (χ0n) is 13.4. The van der Waals surface area contributed by atoms with Crippen LogP contribution < -0.4 is 10.4 Å². The van der Waals surface area contributed by atoms with Gasteiger partial charge in [-0.2, -0.15) is 16.3 Å². The van der Waals surface area contributed by atoms with Crippen molar-refractivity contribution in [3.63, 3.8) is 0 Å². The van der Waals surface area contributed by atoms with Crippen molar-refractivity contribution in [1.82, 2.24) is 10.1 Å². The molecule has 0 saturated heterocycles. The molecule has 3 aromatic heterocycles. The summed E-state index contributed by atoms with van der Waals surface area (Å²) in [6.45, 7) is 2.16. The van der Waals surface area contributed by atoms with Gasteiger partial charge in [0.2, 0.25) is 5.82 Å². The Hall–Kier alpha value is -2.93. The third-order valence-corrected chi connectivity index (χ3v) is 4.47. The van der Waals surface area contributed by atoms with Gasteiger partial charge in [0.1, 0.15) is 11.3 Å². The lowest BCUT2D eigenvalue weighted by molar-refractivity contribution is 0.287. The van der Waals surface area contributed by atoms with E-state index in [0.29, 0.717) is 23.0 Å². The molecule has 0 radical (unpaired) electrons. The first-order valence-corrected chi connectivity index (χ1v) is 8.72. The second-order valence-electron chi connectivity index (χ2n) is 5.42. The number of hydrogen-bond donors (Lipinski definition) is 0. The van der Waals surface area contributed by atoms with Gasteiger partial charge >= 0.3 is 5.63 Å². The van der Waals surface area contributed by atoms with Crippen LogP contribution in [0.3, 0.4) is 0 Å². The van der Waals surface area contributed by atoms with Gasteiger partial charge in [-0.15, -0.1) is 0 Å². The second kappa shape index (κ2) is 6.52. The maximum atomic E-state index is 11.6. The van der Waals surface area contributed by atoms with Crippen LogP contribution in [0.5, 0.6) is 5.75 Å². The van der Waals surface area contributed by atoms with Crippen molar-refractivity contribution in [1.29, 1.82) is 0 Å². The fraction of sp³-hybridized carbons (Fsp3) is 0.167. The van der Waals surface area contributed by atoms with Crippen molar-refractivity contribution in [2.45, 2.75) is 20.0 Å². The van der Waals surface area contributed by atoms with E-state index in [4.69, 9.17) is 13.7 Å². The minimum absolute atomic E-state index is 0.164. The summed E-state index contributed by atoms with van der Waals surface area (Å²) in [6.07, 6.45) is 0.760. The molecule has 0 aliphatic rings. The fourth-order valence-corrected chi connectivity index (χ4v) is 3.19. The molecule has 0 spiro atoms. The molecule has 6 nitrogen and oxygen atoms in total. The van der Waals surface area contributed by atoms with Crippen LogP contribution in [-0.2, 0) is 13.0 Å². The van der Waals surface area contributed by atoms with Crippen molar-refractivity contribution in [2.75, 3.05) is 0 Å². The molecule has 3 heterocycles. The molecule has 4 rings (SSSR count). The van der Waals surface area contributed by atoms with Crippen molar-refractivity contribution < 1.29 is 13.7 Å². The second-order valence-corrected chi connectivity index (χ2v) is 6.20. The third kappa shape index (κ3) is 3.18. The molecular weight excluding hydrogens is 340 g/mol. The quantitative estimate of drug-likeness (QED) is 0.503. The first kappa shape index (κ1) is 15.6. The van der Waals surface area contributed by atoms with Crippen molar-refractivity contribution in [3.05, 3.63) is 62.9 Å². The van der Waals surface area contributed by atoms with Crippen LogP contribution >= 0.6 is 11.3 Å². The van der Waals surface area contributed by atoms with E-state index in [1.54, 1.807) is 17.4 Å². The summed E-state index contributed by atoms with van der Waals surface area (Å²) in [5.41, 5.74) is 1.99. The third-order valence-electron chi connectivity index (χ3n) is 3.79. The van der Waals surface area contributed by atoms with Crippen LogP contribution in [0.2, 0.25) is 0 Å². The van der Waals surface area contributed by atoms with E-state index in [1.807, 2.05) is 35.9 Å². The molecule has 0 aliphatic heterocycles. The number of aryl methyl sites for hydroxylation is 1. The number of ether oxygens (including phenoxy) is 1. The summed E-state index contributed by atoms with van der Waals surface area (Å²) in [7, 11) is 0. The number of nitrogens with zero attached hydrogens (tertiary/aromatic N) is 2. The smallest absolute Gasteiger partial charge is 0.336 e. The van der Waals surface area contributed by atoms with E-state index in [9.17, 15) is 4.79 Å². The fourth-order valence-electron chi connectivity index (χ4n) is 2.56. The highest BCUT2D eigenvalue weighted by Crippen LogP contribution is 2.24. The van der Waals surface area contributed by atoms with Crippen LogP contribution in [0.4, 0.5) is 0 Å². The topological polar surface area (TPSA) is 78.4 Å². The SMILES string of the molecule is CCc1cc(=O)oc2cc(OCc3noc(-c4ccsc4)n3)ccc12. The first-order chi connectivity index (χ1) is 12.2. The molecule has 0 fully saturated rings. The average Bonchev–Trinajstić information content (AvgIpc) is 3.30. The number of hydrogen-bond acceptors (Lipinski definition) is 7. The van der Waals surface area contributed by atoms with Gasteiger partial charge in [0.15, 0.2) is 6.61 Å². The minimum Gasteiger partial charge on any atom is -0.485 e. The van der Waals surface area contributed by atoms with Gasteiger partial charge in [-0.1, -0.05) is 12.1 Å². The number of benzene rings is 1. The zero-order chi connectivity index (χ0) is 17.2. The Balaban J connectivity index is 1.54. The van der Waals surface area contributed by atoms with Gasteiger partial charge in [-0.05, 0) is 35.6 Å². The normalized spacial score (nSPS) is 11.1. The van der Waals surface area contributed by atoms with Crippen molar-refractivity contribution in [3.8, 4) is 17.2 Å². The van der Waals surface area contributed by atoms with Crippen LogP contribution in [0.1, 0.15) is 18.3 Å². The summed E-state index contributed by atoms with van der Waals surface area (Å²) in [4.78, 5) is 15.9. The molecule has 0 N–H and O–H groups in total. The number of fused-ring (bicyclic) bond motifs is 1. The summed E-state index contributed by atoms with van der Waals surface area (Å²) in [5.74, 6) is 1.49. The van der Waals surface area contributed by atoms with E-state index < -0.39 is 0 Å². The van der Waals surface area contributed by atoms with Gasteiger partial charge in [0, 0.05) is 22.9 Å². The molecule has 0 saturated carbocycles. The van der Waals surface area contributed by atoms with Gasteiger partial charge in [-0.3, -0.25) is 0 Å². The molecule has 25 heavy (non-hydrogen) atoms. The monoisotopic (exact) mass is 354 g/mol. The predicted octanol–water partition coefficient (Wildman–Crippen LogP) is 4.05. The Labute approximate surface area is 146 Å². The lowest BCUT2D eigenvalue weighted by Crippen LogP contribution is -2.01. The molecule has 0 amide bonds. The zero-order valence-corrected chi connectivity index (χ0v) is 14.2. The van der Waals surface area contributed by atoms with Gasteiger partial charge in [-0.25, -0.2) is 4.79 Å². The van der Waals surface area contributed by atoms with Gasteiger partial charge < -0.3 is 13.7 Å². The Bertz CT molecular complexity index is 1070. The molecule has 4 aromatic rings. The number of thiophene rings is 1. The summed E-state index contributed by atoms with van der Waals surface area (Å²) in [5, 5.41) is 8.71. The molecule has 126 valence electrons. The molecule has 0 bridgehead atoms. The lowest BCUT2D eigenvalue weighted by Gasteiger charge is -2.06. The van der Waals surface area contributed by atoms with E-state index in [2.05, 4.69) is 10.1 Å². The number of rotatable bonds is 5. The summed E-state index contributed by atoms with van der Waals surface area (Å²) >= 11 is 1.56. The largest absolute Gasteiger partial charge is 0.485 e. The molecular formula is C18H14N2O4S. The summed E-state index contributed by atoms with van der Waals surface area (Å²) in [6, 6.07) is 8.87. The van der Waals surface area contributed by atoms with E-state index in [1.165, 1.54) is 6.07 Å². The molecule has 0 aliphatic carbocycles. The standard InChI is InChI=1S/C18H14N2O4S/c1-2-11-7-17(21)23-15-8-13(3-4-14(11)15)22-9-16-19-18(24-20-16)12-5-6-25-10-12/h3-8,10H,2,9H2,1H3. The molecule has 0 unspecified atom stereocenters. The Kier molecular flexibility index (Phi) is 4.07. The average molecular weight is 354 g/mol. The van der Waals surface area contributed by atoms with Crippen LogP contribution in [0.25, 0.3) is 22.4 Å². The van der Waals surface area contributed by atoms with Gasteiger partial charge in [0.05, 0.1) is 5.56 Å². The lowest BCUT2D eigenvalue weighted by atomic mass is 10.1. The van der Waals surface area contributed by atoms with Gasteiger partial charge in [0.25, 0.3) is 5.89 Å². The highest BCUT2D eigenvalue weighted by atomic mass is 32.1. The highest BCUT2D eigenvalue weighted by Gasteiger charge is 2.10. The molecule has 7 heteroatoms. The minimum atomic E-state index is -0.361.